The number of benzene rings is 1. The lowest BCUT2D eigenvalue weighted by Gasteiger charge is -2.17. The van der Waals surface area contributed by atoms with Crippen LogP contribution in [0.3, 0.4) is 0 Å². The first-order valence-corrected chi connectivity index (χ1v) is 7.95. The van der Waals surface area contributed by atoms with Crippen molar-refractivity contribution in [1.82, 2.24) is 25.5 Å². The van der Waals surface area contributed by atoms with Gasteiger partial charge in [-0.1, -0.05) is 12.1 Å². The number of aromatic nitrogens is 4. The molecule has 8 nitrogen and oxygen atoms in total. The maximum absolute atomic E-state index is 13.4. The smallest absolute Gasteiger partial charge is 0.245 e. The Labute approximate surface area is 145 Å². The fraction of sp³-hybridized carbons (Fsp3) is 0.500. The Morgan fingerprint density at radius 1 is 1.36 bits per heavy atom. The molecule has 1 aromatic heterocycles. The second-order valence-electron chi connectivity index (χ2n) is 5.42. The van der Waals surface area contributed by atoms with Crippen molar-refractivity contribution in [3.63, 3.8) is 0 Å². The van der Waals surface area contributed by atoms with Gasteiger partial charge in [0, 0.05) is 20.1 Å². The number of methoxy groups -OCH3 is 1. The van der Waals surface area contributed by atoms with Crippen molar-refractivity contribution in [3.8, 4) is 0 Å². The molecule has 1 unspecified atom stereocenters. The first-order valence-electron chi connectivity index (χ1n) is 7.95. The van der Waals surface area contributed by atoms with Gasteiger partial charge in [-0.15, -0.1) is 5.10 Å². The molecule has 1 atom stereocenters. The second-order valence-corrected chi connectivity index (χ2v) is 5.42. The van der Waals surface area contributed by atoms with Crippen molar-refractivity contribution in [2.45, 2.75) is 19.4 Å². The summed E-state index contributed by atoms with van der Waals surface area (Å²) in [5, 5.41) is 14.1. The summed E-state index contributed by atoms with van der Waals surface area (Å²) >= 11 is 0. The van der Waals surface area contributed by atoms with E-state index in [-0.39, 0.29) is 18.1 Å². The number of rotatable bonds is 10. The summed E-state index contributed by atoms with van der Waals surface area (Å²) in [5.74, 6) is -0.0976. The SMILES string of the molecule is COCCOCCNC(=O)C(Cc1cccc(F)c1)n1nnnc1C. The van der Waals surface area contributed by atoms with Crippen molar-refractivity contribution in [1.29, 1.82) is 0 Å². The van der Waals surface area contributed by atoms with Crippen molar-refractivity contribution in [2.75, 3.05) is 33.5 Å². The highest BCUT2D eigenvalue weighted by molar-refractivity contribution is 5.80. The summed E-state index contributed by atoms with van der Waals surface area (Å²) < 4.78 is 25.0. The summed E-state index contributed by atoms with van der Waals surface area (Å²) in [6, 6.07) is 5.45. The normalized spacial score (nSPS) is 12.1. The van der Waals surface area contributed by atoms with Crippen LogP contribution >= 0.6 is 0 Å². The summed E-state index contributed by atoms with van der Waals surface area (Å²) in [7, 11) is 1.59. The van der Waals surface area contributed by atoms with Gasteiger partial charge in [-0.05, 0) is 35.0 Å². The zero-order chi connectivity index (χ0) is 18.1. The third-order valence-corrected chi connectivity index (χ3v) is 3.55. The van der Waals surface area contributed by atoms with E-state index in [1.165, 1.54) is 16.8 Å². The number of amides is 1. The van der Waals surface area contributed by atoms with E-state index >= 15 is 0 Å². The fourth-order valence-corrected chi connectivity index (χ4v) is 2.31. The highest BCUT2D eigenvalue weighted by atomic mass is 19.1. The molecule has 2 rings (SSSR count). The fourth-order valence-electron chi connectivity index (χ4n) is 2.31. The molecule has 1 heterocycles. The minimum Gasteiger partial charge on any atom is -0.382 e. The van der Waals surface area contributed by atoms with Crippen molar-refractivity contribution in [3.05, 3.63) is 41.5 Å². The average molecular weight is 351 g/mol. The molecule has 0 bridgehead atoms. The predicted octanol–water partition coefficient (Wildman–Crippen LogP) is 0.684. The largest absolute Gasteiger partial charge is 0.382 e. The number of hydrogen-bond acceptors (Lipinski definition) is 6. The zero-order valence-electron chi connectivity index (χ0n) is 14.3. The Kier molecular flexibility index (Phi) is 7.42. The van der Waals surface area contributed by atoms with E-state index in [1.54, 1.807) is 26.2 Å². The van der Waals surface area contributed by atoms with Crippen LogP contribution in [0.5, 0.6) is 0 Å². The Balaban J connectivity index is 1.99. The molecule has 9 heteroatoms. The molecule has 0 spiro atoms. The molecule has 0 radical (unpaired) electrons. The Bertz CT molecular complexity index is 679. The van der Waals surface area contributed by atoms with E-state index in [0.717, 1.165) is 0 Å². The lowest BCUT2D eigenvalue weighted by Crippen LogP contribution is -2.36. The van der Waals surface area contributed by atoms with E-state index in [2.05, 4.69) is 20.8 Å². The van der Waals surface area contributed by atoms with Crippen molar-refractivity contribution >= 4 is 5.91 Å². The van der Waals surface area contributed by atoms with E-state index in [1.807, 2.05) is 0 Å². The summed E-state index contributed by atoms with van der Waals surface area (Å²) in [5.41, 5.74) is 0.686. The summed E-state index contributed by atoms with van der Waals surface area (Å²) in [6.45, 7) is 3.39. The Hall–Kier alpha value is -2.39. The maximum Gasteiger partial charge on any atom is 0.245 e. The molecule has 1 aromatic carbocycles. The number of aryl methyl sites for hydroxylation is 1. The quantitative estimate of drug-likeness (QED) is 0.633. The Morgan fingerprint density at radius 2 is 2.20 bits per heavy atom. The van der Waals surface area contributed by atoms with Gasteiger partial charge in [0.15, 0.2) is 0 Å². The number of nitrogens with zero attached hydrogens (tertiary/aromatic N) is 4. The molecule has 0 saturated carbocycles. The van der Waals surface area contributed by atoms with Crippen LogP contribution in [0.15, 0.2) is 24.3 Å². The minimum absolute atomic E-state index is 0.255. The molecule has 2 aromatic rings. The molecule has 0 saturated heterocycles. The van der Waals surface area contributed by atoms with Gasteiger partial charge in [0.25, 0.3) is 0 Å². The first kappa shape index (κ1) is 18.9. The third-order valence-electron chi connectivity index (χ3n) is 3.55. The minimum atomic E-state index is -0.671. The molecule has 25 heavy (non-hydrogen) atoms. The van der Waals surface area contributed by atoms with Crippen molar-refractivity contribution < 1.29 is 18.7 Å². The monoisotopic (exact) mass is 351 g/mol. The molecule has 1 N–H and O–H groups in total. The lowest BCUT2D eigenvalue weighted by molar-refractivity contribution is -0.125. The van der Waals surface area contributed by atoms with Gasteiger partial charge >= 0.3 is 0 Å². The number of nitrogens with one attached hydrogen (secondary N) is 1. The molecule has 1 amide bonds. The first-order chi connectivity index (χ1) is 12.1. The maximum atomic E-state index is 13.4. The van der Waals surface area contributed by atoms with Gasteiger partial charge in [0.05, 0.1) is 19.8 Å². The predicted molar refractivity (Wildman–Crippen MR) is 87.4 cm³/mol. The van der Waals surface area contributed by atoms with E-state index in [4.69, 9.17) is 9.47 Å². The second kappa shape index (κ2) is 9.80. The van der Waals surface area contributed by atoms with Crippen LogP contribution in [0, 0.1) is 12.7 Å². The zero-order valence-corrected chi connectivity index (χ0v) is 14.3. The molecule has 0 aliphatic rings. The van der Waals surface area contributed by atoms with Gasteiger partial charge in [-0.25, -0.2) is 9.07 Å². The van der Waals surface area contributed by atoms with E-state index < -0.39 is 6.04 Å². The van der Waals surface area contributed by atoms with Gasteiger partial charge < -0.3 is 14.8 Å². The van der Waals surface area contributed by atoms with Crippen molar-refractivity contribution in [2.24, 2.45) is 0 Å². The Morgan fingerprint density at radius 3 is 2.88 bits per heavy atom. The highest BCUT2D eigenvalue weighted by Gasteiger charge is 2.24. The third kappa shape index (κ3) is 5.87. The van der Waals surface area contributed by atoms with Gasteiger partial charge in [-0.2, -0.15) is 0 Å². The lowest BCUT2D eigenvalue weighted by atomic mass is 10.1. The van der Waals surface area contributed by atoms with Crippen LogP contribution in [0.4, 0.5) is 4.39 Å². The molecule has 136 valence electrons. The summed E-state index contributed by atoms with van der Waals surface area (Å²) in [6.07, 6.45) is 0.278. The van der Waals surface area contributed by atoms with Crippen LogP contribution in [0.2, 0.25) is 0 Å². The molecule has 0 fully saturated rings. The molecule has 0 aliphatic heterocycles. The van der Waals surface area contributed by atoms with Crippen LogP contribution in [0.25, 0.3) is 0 Å². The van der Waals surface area contributed by atoms with E-state index in [0.29, 0.717) is 37.8 Å². The number of carbonyl (C=O) groups is 1. The van der Waals surface area contributed by atoms with Gasteiger partial charge in [0.1, 0.15) is 17.7 Å². The molecule has 0 aliphatic carbocycles. The van der Waals surface area contributed by atoms with Crippen LogP contribution in [-0.4, -0.2) is 59.6 Å². The average Bonchev–Trinajstić information content (AvgIpc) is 3.01. The van der Waals surface area contributed by atoms with Crippen LogP contribution in [0.1, 0.15) is 17.4 Å². The van der Waals surface area contributed by atoms with Crippen LogP contribution < -0.4 is 5.32 Å². The number of ether oxygens (including phenoxy) is 2. The highest BCUT2D eigenvalue weighted by Crippen LogP contribution is 2.16. The topological polar surface area (TPSA) is 91.2 Å². The van der Waals surface area contributed by atoms with Gasteiger partial charge in [0.2, 0.25) is 5.91 Å². The number of tetrazole rings is 1. The van der Waals surface area contributed by atoms with E-state index in [9.17, 15) is 9.18 Å². The molecular weight excluding hydrogens is 329 g/mol. The van der Waals surface area contributed by atoms with Crippen LogP contribution in [-0.2, 0) is 20.7 Å². The molecular formula is C16H22FN5O3. The van der Waals surface area contributed by atoms with Gasteiger partial charge in [-0.3, -0.25) is 4.79 Å². The summed E-state index contributed by atoms with van der Waals surface area (Å²) in [4.78, 5) is 12.6. The standard InChI is InChI=1S/C16H22FN5O3/c1-12-19-20-21-22(12)15(11-13-4-3-5-14(17)10-13)16(23)18-6-7-25-9-8-24-2/h3-5,10,15H,6-9,11H2,1-2H3,(H,18,23). The number of hydrogen-bond donors (Lipinski definition) is 1. The number of carbonyl (C=O) groups excluding carboxylic acids is 1. The number of halogens is 1.